The summed E-state index contributed by atoms with van der Waals surface area (Å²) in [5.41, 5.74) is 1.57. The van der Waals surface area contributed by atoms with E-state index in [1.54, 1.807) is 53.4 Å². The molecule has 1 fully saturated rings. The average Bonchev–Trinajstić information content (AvgIpc) is 3.20. The van der Waals surface area contributed by atoms with Crippen LogP contribution in [0.1, 0.15) is 32.2 Å². The van der Waals surface area contributed by atoms with E-state index in [0.717, 1.165) is 0 Å². The molecule has 2 heterocycles. The number of carbonyl (C=O) groups is 2. The Morgan fingerprint density at radius 3 is 2.34 bits per heavy atom. The molecule has 1 atom stereocenters. The highest BCUT2D eigenvalue weighted by atomic mass is 35.5. The van der Waals surface area contributed by atoms with Gasteiger partial charge in [-0.05, 0) is 17.7 Å². The molecule has 1 aliphatic carbocycles. The minimum absolute atomic E-state index is 0.0610. The molecule has 0 N–H and O–H groups in total. The molecule has 0 aromatic heterocycles. The highest BCUT2D eigenvalue weighted by molar-refractivity contribution is 8.03. The van der Waals surface area contributed by atoms with Gasteiger partial charge >= 0.3 is 0 Å². The molecule has 144 valence electrons. The SMILES string of the molecule is O=C1C2=C(C(=O)c3ccccc31)N1CCSC1=C([N+](=O)[O-])C2c1ccc(Cl)cc1. The fourth-order valence-corrected chi connectivity index (χ4v) is 5.45. The van der Waals surface area contributed by atoms with Crippen LogP contribution in [0.25, 0.3) is 0 Å². The normalized spacial score (nSPS) is 20.6. The first-order valence-corrected chi connectivity index (χ1v) is 10.3. The smallest absolute Gasteiger partial charge is 0.288 e. The van der Waals surface area contributed by atoms with Crippen molar-refractivity contribution in [3.05, 3.63) is 102 Å². The topological polar surface area (TPSA) is 80.5 Å². The van der Waals surface area contributed by atoms with Crippen molar-refractivity contribution in [3.8, 4) is 0 Å². The summed E-state index contributed by atoms with van der Waals surface area (Å²) >= 11 is 7.35. The highest BCUT2D eigenvalue weighted by Gasteiger charge is 2.51. The van der Waals surface area contributed by atoms with Gasteiger partial charge in [-0.2, -0.15) is 0 Å². The van der Waals surface area contributed by atoms with Crippen LogP contribution in [0, 0.1) is 10.1 Å². The standard InChI is InChI=1S/C21H13ClN2O4S/c22-12-7-5-11(6-8-12)15-16-17(23-9-10-29-21(23)18(15)24(27)28)20(26)14-4-2-1-3-13(14)19(16)25/h1-8,15H,9-10H2. The number of benzene rings is 2. The van der Waals surface area contributed by atoms with Crippen LogP contribution in [0.5, 0.6) is 0 Å². The van der Waals surface area contributed by atoms with Crippen LogP contribution in [0.4, 0.5) is 0 Å². The van der Waals surface area contributed by atoms with Crippen LogP contribution in [0.15, 0.2) is 70.5 Å². The van der Waals surface area contributed by atoms with Crippen LogP contribution >= 0.6 is 23.4 Å². The Labute approximate surface area is 175 Å². The number of allylic oxidation sites excluding steroid dienone is 2. The molecule has 0 saturated carbocycles. The molecule has 0 spiro atoms. The molecule has 5 rings (SSSR count). The molecule has 1 unspecified atom stereocenters. The fraction of sp³-hybridized carbons (Fsp3) is 0.143. The molecule has 8 heteroatoms. The van der Waals surface area contributed by atoms with Crippen molar-refractivity contribution in [3.63, 3.8) is 0 Å². The third-order valence-electron chi connectivity index (χ3n) is 5.38. The Kier molecular flexibility index (Phi) is 4.11. The van der Waals surface area contributed by atoms with Gasteiger partial charge in [0.1, 0.15) is 5.92 Å². The van der Waals surface area contributed by atoms with Gasteiger partial charge < -0.3 is 4.90 Å². The van der Waals surface area contributed by atoms with Gasteiger partial charge in [-0.3, -0.25) is 19.7 Å². The number of halogens is 1. The van der Waals surface area contributed by atoms with E-state index < -0.39 is 10.8 Å². The second-order valence-electron chi connectivity index (χ2n) is 6.90. The Hall–Kier alpha value is -2.90. The van der Waals surface area contributed by atoms with Crippen molar-refractivity contribution in [1.29, 1.82) is 0 Å². The zero-order valence-corrected chi connectivity index (χ0v) is 16.5. The molecule has 29 heavy (non-hydrogen) atoms. The van der Waals surface area contributed by atoms with Crippen molar-refractivity contribution < 1.29 is 14.5 Å². The first kappa shape index (κ1) is 18.1. The van der Waals surface area contributed by atoms with E-state index >= 15 is 0 Å². The number of hydrogen-bond acceptors (Lipinski definition) is 6. The van der Waals surface area contributed by atoms with E-state index in [0.29, 0.717) is 33.5 Å². The predicted molar refractivity (Wildman–Crippen MR) is 110 cm³/mol. The Morgan fingerprint density at radius 1 is 1.03 bits per heavy atom. The summed E-state index contributed by atoms with van der Waals surface area (Å²) in [5, 5.41) is 13.0. The minimum atomic E-state index is -0.932. The maximum absolute atomic E-state index is 13.5. The van der Waals surface area contributed by atoms with Crippen LogP contribution in [-0.2, 0) is 0 Å². The summed E-state index contributed by atoms with van der Waals surface area (Å²) in [5.74, 6) is -0.930. The van der Waals surface area contributed by atoms with Crippen molar-refractivity contribution in [2.45, 2.75) is 5.92 Å². The lowest BCUT2D eigenvalue weighted by molar-refractivity contribution is -0.430. The van der Waals surface area contributed by atoms with Crippen molar-refractivity contribution in [1.82, 2.24) is 4.90 Å². The third kappa shape index (κ3) is 2.58. The van der Waals surface area contributed by atoms with E-state index in [1.807, 2.05) is 0 Å². The summed E-state index contributed by atoms with van der Waals surface area (Å²) in [6.07, 6.45) is 0. The predicted octanol–water partition coefficient (Wildman–Crippen LogP) is 4.27. The fourth-order valence-electron chi connectivity index (χ4n) is 4.18. The summed E-state index contributed by atoms with van der Waals surface area (Å²) in [6, 6.07) is 13.3. The van der Waals surface area contributed by atoms with E-state index in [9.17, 15) is 19.7 Å². The first-order chi connectivity index (χ1) is 14.0. The van der Waals surface area contributed by atoms with Crippen LogP contribution in [0.2, 0.25) is 5.02 Å². The first-order valence-electron chi connectivity index (χ1n) is 8.96. The Morgan fingerprint density at radius 2 is 1.69 bits per heavy atom. The second-order valence-corrected chi connectivity index (χ2v) is 8.42. The summed E-state index contributed by atoms with van der Waals surface area (Å²) < 4.78 is 0. The van der Waals surface area contributed by atoms with E-state index in [-0.39, 0.29) is 34.1 Å². The molecule has 3 aliphatic rings. The van der Waals surface area contributed by atoms with Gasteiger partial charge in [0, 0.05) is 34.0 Å². The Balaban J connectivity index is 1.82. The quantitative estimate of drug-likeness (QED) is 0.529. The van der Waals surface area contributed by atoms with E-state index in [2.05, 4.69) is 0 Å². The van der Waals surface area contributed by atoms with Crippen LogP contribution < -0.4 is 0 Å². The zero-order valence-electron chi connectivity index (χ0n) is 14.9. The molecule has 1 saturated heterocycles. The number of carbonyl (C=O) groups excluding carboxylic acids is 2. The van der Waals surface area contributed by atoms with Gasteiger partial charge in [0.15, 0.2) is 10.8 Å². The number of nitrogens with zero attached hydrogens (tertiary/aromatic N) is 2. The van der Waals surface area contributed by atoms with Crippen LogP contribution in [-0.4, -0.2) is 33.7 Å². The van der Waals surface area contributed by atoms with Gasteiger partial charge in [0.05, 0.1) is 10.6 Å². The largest absolute Gasteiger partial charge is 0.326 e. The molecule has 2 aromatic carbocycles. The van der Waals surface area contributed by atoms with Crippen molar-refractivity contribution in [2.75, 3.05) is 12.3 Å². The molecular weight excluding hydrogens is 412 g/mol. The third-order valence-corrected chi connectivity index (χ3v) is 6.72. The van der Waals surface area contributed by atoms with Crippen LogP contribution in [0.3, 0.4) is 0 Å². The van der Waals surface area contributed by atoms with Gasteiger partial charge in [-0.15, -0.1) is 0 Å². The molecule has 6 nitrogen and oxygen atoms in total. The zero-order chi connectivity index (χ0) is 20.3. The van der Waals surface area contributed by atoms with Gasteiger partial charge in [0.25, 0.3) is 5.70 Å². The molecule has 0 amide bonds. The van der Waals surface area contributed by atoms with E-state index in [4.69, 9.17) is 11.6 Å². The minimum Gasteiger partial charge on any atom is -0.326 e. The van der Waals surface area contributed by atoms with Crippen molar-refractivity contribution >= 4 is 34.9 Å². The number of nitro groups is 1. The second kappa shape index (κ2) is 6.57. The highest BCUT2D eigenvalue weighted by Crippen LogP contribution is 2.50. The Bertz CT molecular complexity index is 1170. The number of thioether (sulfide) groups is 1. The molecular formula is C21H13ClN2O4S. The monoisotopic (exact) mass is 424 g/mol. The lowest BCUT2D eigenvalue weighted by Crippen LogP contribution is -2.39. The lowest BCUT2D eigenvalue weighted by Gasteiger charge is -2.35. The van der Waals surface area contributed by atoms with Gasteiger partial charge in [0.2, 0.25) is 5.78 Å². The van der Waals surface area contributed by atoms with Crippen molar-refractivity contribution in [2.24, 2.45) is 0 Å². The number of fused-ring (bicyclic) bond motifs is 3. The molecule has 2 aromatic rings. The lowest BCUT2D eigenvalue weighted by atomic mass is 9.75. The average molecular weight is 425 g/mol. The summed E-state index contributed by atoms with van der Waals surface area (Å²) in [4.78, 5) is 40.2. The maximum Gasteiger partial charge on any atom is 0.288 e. The molecule has 2 aliphatic heterocycles. The summed E-state index contributed by atoms with van der Waals surface area (Å²) in [6.45, 7) is 0.449. The van der Waals surface area contributed by atoms with Gasteiger partial charge in [-0.1, -0.05) is 59.8 Å². The molecule has 0 bridgehead atoms. The number of ketones is 2. The number of hydrogen-bond donors (Lipinski definition) is 0. The molecule has 0 radical (unpaired) electrons. The van der Waals surface area contributed by atoms with Gasteiger partial charge in [-0.25, -0.2) is 0 Å². The van der Waals surface area contributed by atoms with E-state index in [1.165, 1.54) is 11.8 Å². The summed E-state index contributed by atoms with van der Waals surface area (Å²) in [7, 11) is 0. The number of Topliss-reactive ketones (excluding diaryl/α,β-unsaturated/α-hetero) is 2. The number of rotatable bonds is 2. The maximum atomic E-state index is 13.5.